The number of hydrogen-bond donors (Lipinski definition) is 0. The van der Waals surface area contributed by atoms with Gasteiger partial charge in [0.15, 0.2) is 17.7 Å². The van der Waals surface area contributed by atoms with Crippen molar-refractivity contribution in [2.75, 3.05) is 0 Å². The highest BCUT2D eigenvalue weighted by Crippen LogP contribution is 2.34. The summed E-state index contributed by atoms with van der Waals surface area (Å²) in [4.78, 5) is 11.6. The quantitative estimate of drug-likeness (QED) is 0.753. The van der Waals surface area contributed by atoms with Crippen LogP contribution in [0.5, 0.6) is 5.75 Å². The Morgan fingerprint density at radius 3 is 2.80 bits per heavy atom. The molecule has 1 heterocycles. The van der Waals surface area contributed by atoms with Crippen LogP contribution in [-0.2, 0) is 0 Å². The Hall–Kier alpha value is -1.45. The Morgan fingerprint density at radius 1 is 1.40 bits per heavy atom. The minimum Gasteiger partial charge on any atom is -0.478 e. The largest absolute Gasteiger partial charge is 0.478 e. The minimum absolute atomic E-state index is 0.146. The SMILES string of the molecule is CCCC1Oc2c(ccc(F)c2F)C1=O. The van der Waals surface area contributed by atoms with Gasteiger partial charge in [0.1, 0.15) is 0 Å². The average molecular weight is 212 g/mol. The van der Waals surface area contributed by atoms with E-state index in [1.165, 1.54) is 6.07 Å². The Labute approximate surface area is 85.9 Å². The number of ether oxygens (including phenoxy) is 1. The predicted molar refractivity (Wildman–Crippen MR) is 50.0 cm³/mol. The summed E-state index contributed by atoms with van der Waals surface area (Å²) in [6.07, 6.45) is 0.629. The molecule has 4 heteroatoms. The smallest absolute Gasteiger partial charge is 0.207 e. The minimum atomic E-state index is -1.07. The van der Waals surface area contributed by atoms with Crippen molar-refractivity contribution < 1.29 is 18.3 Å². The summed E-state index contributed by atoms with van der Waals surface area (Å²) >= 11 is 0. The second-order valence-electron chi connectivity index (χ2n) is 3.50. The standard InChI is InChI=1S/C11H10F2O2/c1-2-3-8-10(14)6-4-5-7(12)9(13)11(6)15-8/h4-5,8H,2-3H2,1H3. The van der Waals surface area contributed by atoms with Gasteiger partial charge in [-0.2, -0.15) is 4.39 Å². The molecule has 0 fully saturated rings. The van der Waals surface area contributed by atoms with Gasteiger partial charge in [-0.05, 0) is 18.6 Å². The van der Waals surface area contributed by atoms with Crippen LogP contribution in [0.15, 0.2) is 12.1 Å². The fourth-order valence-corrected chi connectivity index (χ4v) is 1.66. The van der Waals surface area contributed by atoms with Crippen LogP contribution in [0.25, 0.3) is 0 Å². The van der Waals surface area contributed by atoms with Crippen molar-refractivity contribution in [1.82, 2.24) is 0 Å². The molecule has 1 aromatic rings. The van der Waals surface area contributed by atoms with Crippen LogP contribution in [0, 0.1) is 11.6 Å². The zero-order valence-corrected chi connectivity index (χ0v) is 8.22. The van der Waals surface area contributed by atoms with Crippen molar-refractivity contribution in [1.29, 1.82) is 0 Å². The summed E-state index contributed by atoms with van der Waals surface area (Å²) in [5.41, 5.74) is 0.146. The molecule has 0 aliphatic carbocycles. The van der Waals surface area contributed by atoms with Crippen LogP contribution in [0.4, 0.5) is 8.78 Å². The maximum absolute atomic E-state index is 13.2. The fourth-order valence-electron chi connectivity index (χ4n) is 1.66. The van der Waals surface area contributed by atoms with E-state index in [-0.39, 0.29) is 17.1 Å². The van der Waals surface area contributed by atoms with Crippen LogP contribution in [0.2, 0.25) is 0 Å². The molecule has 0 bridgehead atoms. The normalized spacial score (nSPS) is 18.9. The molecular formula is C11H10F2O2. The molecule has 1 aromatic carbocycles. The summed E-state index contributed by atoms with van der Waals surface area (Å²) in [6, 6.07) is 2.22. The Bertz CT molecular complexity index is 415. The van der Waals surface area contributed by atoms with Gasteiger partial charge < -0.3 is 4.74 Å². The van der Waals surface area contributed by atoms with Gasteiger partial charge in [0.05, 0.1) is 5.56 Å². The Kier molecular flexibility index (Phi) is 2.42. The van der Waals surface area contributed by atoms with E-state index in [0.717, 1.165) is 12.5 Å². The van der Waals surface area contributed by atoms with Crippen molar-refractivity contribution >= 4 is 5.78 Å². The van der Waals surface area contributed by atoms with E-state index in [0.29, 0.717) is 6.42 Å². The summed E-state index contributed by atoms with van der Waals surface area (Å²) in [5, 5.41) is 0. The molecule has 1 aliphatic rings. The van der Waals surface area contributed by atoms with Crippen molar-refractivity contribution in [3.8, 4) is 5.75 Å². The lowest BCUT2D eigenvalue weighted by atomic mass is 10.1. The molecule has 0 radical (unpaired) electrons. The van der Waals surface area contributed by atoms with Crippen molar-refractivity contribution in [3.05, 3.63) is 29.3 Å². The Morgan fingerprint density at radius 2 is 2.13 bits per heavy atom. The van der Waals surface area contributed by atoms with Crippen LogP contribution < -0.4 is 4.74 Å². The van der Waals surface area contributed by atoms with Crippen LogP contribution in [0.1, 0.15) is 30.1 Å². The summed E-state index contributed by atoms with van der Waals surface area (Å²) in [6.45, 7) is 1.90. The highest BCUT2D eigenvalue weighted by atomic mass is 19.2. The van der Waals surface area contributed by atoms with Crippen molar-refractivity contribution in [2.24, 2.45) is 0 Å². The third kappa shape index (κ3) is 1.50. The molecule has 0 amide bonds. The van der Waals surface area contributed by atoms with Gasteiger partial charge in [-0.25, -0.2) is 4.39 Å². The molecular weight excluding hydrogens is 202 g/mol. The van der Waals surface area contributed by atoms with Crippen LogP contribution >= 0.6 is 0 Å². The molecule has 1 unspecified atom stereocenters. The maximum atomic E-state index is 13.2. The molecule has 0 saturated carbocycles. The number of carbonyl (C=O) groups is 1. The average Bonchev–Trinajstić information content (AvgIpc) is 2.52. The Balaban J connectivity index is 2.41. The number of fused-ring (bicyclic) bond motifs is 1. The number of rotatable bonds is 2. The third-order valence-electron chi connectivity index (χ3n) is 2.42. The summed E-state index contributed by atoms with van der Waals surface area (Å²) < 4.78 is 31.2. The second kappa shape index (κ2) is 3.61. The lowest BCUT2D eigenvalue weighted by Crippen LogP contribution is -2.19. The highest BCUT2D eigenvalue weighted by Gasteiger charge is 2.34. The van der Waals surface area contributed by atoms with Crippen LogP contribution in [0.3, 0.4) is 0 Å². The number of Topliss-reactive ketones (excluding diaryl/α,β-unsaturated/α-hetero) is 1. The molecule has 1 aliphatic heterocycles. The highest BCUT2D eigenvalue weighted by molar-refractivity contribution is 6.04. The van der Waals surface area contributed by atoms with Gasteiger partial charge in [0.2, 0.25) is 11.6 Å². The van der Waals surface area contributed by atoms with E-state index in [1.807, 2.05) is 6.92 Å². The number of carbonyl (C=O) groups excluding carboxylic acids is 1. The van der Waals surface area contributed by atoms with E-state index in [1.54, 1.807) is 0 Å². The molecule has 0 N–H and O–H groups in total. The monoisotopic (exact) mass is 212 g/mol. The van der Waals surface area contributed by atoms with Gasteiger partial charge >= 0.3 is 0 Å². The van der Waals surface area contributed by atoms with E-state index < -0.39 is 17.7 Å². The summed E-state index contributed by atoms with van der Waals surface area (Å²) in [5.74, 6) is -2.55. The molecule has 80 valence electrons. The van der Waals surface area contributed by atoms with Crippen LogP contribution in [-0.4, -0.2) is 11.9 Å². The first-order valence-corrected chi connectivity index (χ1v) is 4.84. The molecule has 2 nitrogen and oxygen atoms in total. The first kappa shape index (κ1) is 10.1. The van der Waals surface area contributed by atoms with Gasteiger partial charge in [-0.1, -0.05) is 13.3 Å². The lowest BCUT2D eigenvalue weighted by Gasteiger charge is -2.06. The van der Waals surface area contributed by atoms with E-state index in [9.17, 15) is 13.6 Å². The molecule has 0 aromatic heterocycles. The van der Waals surface area contributed by atoms with Gasteiger partial charge in [0, 0.05) is 0 Å². The second-order valence-corrected chi connectivity index (χ2v) is 3.50. The number of halogens is 2. The predicted octanol–water partition coefficient (Wildman–Crippen LogP) is 2.71. The number of benzene rings is 1. The maximum Gasteiger partial charge on any atom is 0.207 e. The number of ketones is 1. The fraction of sp³-hybridized carbons (Fsp3) is 0.364. The van der Waals surface area contributed by atoms with Gasteiger partial charge in [0.25, 0.3) is 0 Å². The molecule has 2 rings (SSSR count). The topological polar surface area (TPSA) is 26.3 Å². The van der Waals surface area contributed by atoms with E-state index in [2.05, 4.69) is 0 Å². The van der Waals surface area contributed by atoms with E-state index >= 15 is 0 Å². The lowest BCUT2D eigenvalue weighted by molar-refractivity contribution is 0.0842. The zero-order chi connectivity index (χ0) is 11.0. The molecule has 0 spiro atoms. The van der Waals surface area contributed by atoms with Crippen molar-refractivity contribution in [3.63, 3.8) is 0 Å². The molecule has 1 atom stereocenters. The number of hydrogen-bond acceptors (Lipinski definition) is 2. The van der Waals surface area contributed by atoms with Gasteiger partial charge in [-0.15, -0.1) is 0 Å². The van der Waals surface area contributed by atoms with E-state index in [4.69, 9.17) is 4.74 Å². The van der Waals surface area contributed by atoms with Gasteiger partial charge in [-0.3, -0.25) is 4.79 Å². The molecule has 15 heavy (non-hydrogen) atoms. The third-order valence-corrected chi connectivity index (χ3v) is 2.42. The first-order chi connectivity index (χ1) is 7.15. The first-order valence-electron chi connectivity index (χ1n) is 4.84. The van der Waals surface area contributed by atoms with Crippen molar-refractivity contribution in [2.45, 2.75) is 25.9 Å². The molecule has 0 saturated heterocycles. The zero-order valence-electron chi connectivity index (χ0n) is 8.22. The summed E-state index contributed by atoms with van der Waals surface area (Å²) in [7, 11) is 0.